The van der Waals surface area contributed by atoms with Crippen LogP contribution < -0.4 is 15.8 Å². The van der Waals surface area contributed by atoms with Gasteiger partial charge in [0.25, 0.3) is 0 Å². The highest BCUT2D eigenvalue weighted by molar-refractivity contribution is 9.10. The molecule has 0 radical (unpaired) electrons. The summed E-state index contributed by atoms with van der Waals surface area (Å²) in [6, 6.07) is 1.99. The Balaban J connectivity index is 2.30. The number of amides is 1. The van der Waals surface area contributed by atoms with Gasteiger partial charge in [0.15, 0.2) is 6.10 Å². The van der Waals surface area contributed by atoms with Crippen LogP contribution in [-0.4, -0.2) is 18.2 Å². The molecule has 1 heterocycles. The van der Waals surface area contributed by atoms with Gasteiger partial charge < -0.3 is 15.8 Å². The van der Waals surface area contributed by atoms with Gasteiger partial charge in [-0.2, -0.15) is 13.2 Å². The molecule has 4 nitrogen and oxygen atoms in total. The van der Waals surface area contributed by atoms with Gasteiger partial charge >= 0.3 is 6.18 Å². The summed E-state index contributed by atoms with van der Waals surface area (Å²) >= 11 is 3.11. The summed E-state index contributed by atoms with van der Waals surface area (Å²) in [4.78, 5) is 11.4. The van der Waals surface area contributed by atoms with Crippen LogP contribution in [0.3, 0.4) is 0 Å². The van der Waals surface area contributed by atoms with E-state index in [1.165, 1.54) is 12.1 Å². The maximum atomic E-state index is 12.4. The molecule has 1 aromatic rings. The Kier molecular flexibility index (Phi) is 3.48. The Hall–Kier alpha value is -1.28. The van der Waals surface area contributed by atoms with Gasteiger partial charge in [0.1, 0.15) is 11.8 Å². The number of nitrogens with two attached hydrogens (primary N) is 1. The SMILES string of the molecule is CC(Oc1cc2c(cc1Br)C(N)C(=O)N2)C(F)(F)F. The van der Waals surface area contributed by atoms with Gasteiger partial charge in [-0.15, -0.1) is 0 Å². The molecule has 8 heteroatoms. The number of carbonyl (C=O) groups excluding carboxylic acids is 1. The fourth-order valence-corrected chi connectivity index (χ4v) is 2.09. The van der Waals surface area contributed by atoms with Crippen molar-refractivity contribution in [1.29, 1.82) is 0 Å². The number of hydrogen-bond acceptors (Lipinski definition) is 3. The van der Waals surface area contributed by atoms with Crippen molar-refractivity contribution in [3.63, 3.8) is 0 Å². The Morgan fingerprint density at radius 3 is 2.68 bits per heavy atom. The van der Waals surface area contributed by atoms with Crippen LogP contribution in [0, 0.1) is 0 Å². The van der Waals surface area contributed by atoms with Crippen LogP contribution in [-0.2, 0) is 4.79 Å². The molecule has 1 aliphatic rings. The zero-order valence-corrected chi connectivity index (χ0v) is 11.3. The van der Waals surface area contributed by atoms with Crippen LogP contribution in [0.25, 0.3) is 0 Å². The maximum Gasteiger partial charge on any atom is 0.425 e. The standard InChI is InChI=1S/C11H10BrF3N2O2/c1-4(11(13,14)15)19-8-3-7-5(2-6(8)12)9(16)10(18)17-7/h2-4,9H,16H2,1H3,(H,17,18). The highest BCUT2D eigenvalue weighted by Gasteiger charge is 2.38. The lowest BCUT2D eigenvalue weighted by atomic mass is 10.1. The molecule has 1 aliphatic heterocycles. The van der Waals surface area contributed by atoms with E-state index in [2.05, 4.69) is 21.2 Å². The number of nitrogens with one attached hydrogen (secondary N) is 1. The number of hydrogen-bond donors (Lipinski definition) is 2. The van der Waals surface area contributed by atoms with Crippen LogP contribution >= 0.6 is 15.9 Å². The molecule has 3 N–H and O–H groups in total. The van der Waals surface area contributed by atoms with E-state index in [-0.39, 0.29) is 5.75 Å². The molecule has 2 unspecified atom stereocenters. The summed E-state index contributed by atoms with van der Waals surface area (Å²) in [5, 5.41) is 2.48. The molecular formula is C11H10BrF3N2O2. The molecule has 2 atom stereocenters. The highest BCUT2D eigenvalue weighted by atomic mass is 79.9. The second-order valence-corrected chi connectivity index (χ2v) is 4.99. The smallest absolute Gasteiger partial charge is 0.425 e. The van der Waals surface area contributed by atoms with Crippen LogP contribution in [0.2, 0.25) is 0 Å². The van der Waals surface area contributed by atoms with Gasteiger partial charge in [0.05, 0.1) is 4.47 Å². The Morgan fingerprint density at radius 1 is 1.47 bits per heavy atom. The summed E-state index contributed by atoms with van der Waals surface area (Å²) < 4.78 is 42.5. The number of alkyl halides is 3. The summed E-state index contributed by atoms with van der Waals surface area (Å²) in [7, 11) is 0. The molecule has 0 bridgehead atoms. The Labute approximate surface area is 115 Å². The monoisotopic (exact) mass is 338 g/mol. The largest absolute Gasteiger partial charge is 0.480 e. The average Bonchev–Trinajstić information content (AvgIpc) is 2.55. The van der Waals surface area contributed by atoms with Crippen molar-refractivity contribution in [3.05, 3.63) is 22.2 Å². The number of ether oxygens (including phenoxy) is 1. The van der Waals surface area contributed by atoms with Gasteiger partial charge in [-0.25, -0.2) is 0 Å². The number of halogens is 4. The minimum atomic E-state index is -4.46. The zero-order valence-electron chi connectivity index (χ0n) is 9.72. The summed E-state index contributed by atoms with van der Waals surface area (Å²) in [6.07, 6.45) is -6.41. The first-order valence-electron chi connectivity index (χ1n) is 5.33. The predicted octanol–water partition coefficient (Wildman–Crippen LogP) is 2.73. The normalized spacial score (nSPS) is 19.9. The Bertz CT molecular complexity index is 533. The molecule has 0 fully saturated rings. The van der Waals surface area contributed by atoms with Gasteiger partial charge in [-0.3, -0.25) is 4.79 Å². The van der Waals surface area contributed by atoms with E-state index in [9.17, 15) is 18.0 Å². The molecule has 2 rings (SSSR count). The molecule has 0 aromatic heterocycles. The van der Waals surface area contributed by atoms with Gasteiger partial charge in [-0.1, -0.05) is 0 Å². The number of anilines is 1. The predicted molar refractivity (Wildman–Crippen MR) is 65.8 cm³/mol. The van der Waals surface area contributed by atoms with E-state index in [1.54, 1.807) is 0 Å². The lowest BCUT2D eigenvalue weighted by Crippen LogP contribution is -2.31. The fraction of sp³-hybridized carbons (Fsp3) is 0.364. The second-order valence-electron chi connectivity index (χ2n) is 4.14. The molecule has 0 spiro atoms. The van der Waals surface area contributed by atoms with Crippen molar-refractivity contribution in [2.45, 2.75) is 25.2 Å². The molecule has 1 aromatic carbocycles. The summed E-state index contributed by atoms with van der Waals surface area (Å²) in [5.41, 5.74) is 6.51. The van der Waals surface area contributed by atoms with Gasteiger partial charge in [-0.05, 0) is 28.9 Å². The van der Waals surface area contributed by atoms with E-state index in [0.717, 1.165) is 6.92 Å². The lowest BCUT2D eigenvalue weighted by Gasteiger charge is -2.19. The third-order valence-corrected chi connectivity index (χ3v) is 3.36. The third kappa shape index (κ3) is 2.69. The molecule has 19 heavy (non-hydrogen) atoms. The van der Waals surface area contributed by atoms with Crippen molar-refractivity contribution in [3.8, 4) is 5.75 Å². The van der Waals surface area contributed by atoms with Crippen LogP contribution in [0.15, 0.2) is 16.6 Å². The minimum absolute atomic E-state index is 0.00187. The number of carbonyl (C=O) groups is 1. The van der Waals surface area contributed by atoms with Crippen molar-refractivity contribution in [2.75, 3.05) is 5.32 Å². The first kappa shape index (κ1) is 14.1. The Morgan fingerprint density at radius 2 is 2.11 bits per heavy atom. The second kappa shape index (κ2) is 4.68. The molecule has 0 saturated carbocycles. The highest BCUT2D eigenvalue weighted by Crippen LogP contribution is 2.39. The minimum Gasteiger partial charge on any atom is -0.480 e. The number of rotatable bonds is 2. The van der Waals surface area contributed by atoms with Crippen molar-refractivity contribution >= 4 is 27.5 Å². The van der Waals surface area contributed by atoms with Gasteiger partial charge in [0, 0.05) is 17.3 Å². The summed E-state index contributed by atoms with van der Waals surface area (Å²) in [6.45, 7) is 0.907. The fourth-order valence-electron chi connectivity index (χ4n) is 1.63. The first-order chi connectivity index (χ1) is 8.70. The average molecular weight is 339 g/mol. The van der Waals surface area contributed by atoms with E-state index in [4.69, 9.17) is 10.5 Å². The van der Waals surface area contributed by atoms with Gasteiger partial charge in [0.2, 0.25) is 5.91 Å². The van der Waals surface area contributed by atoms with E-state index in [0.29, 0.717) is 15.7 Å². The third-order valence-electron chi connectivity index (χ3n) is 2.74. The molecule has 0 saturated heterocycles. The molecular weight excluding hydrogens is 329 g/mol. The zero-order chi connectivity index (χ0) is 14.4. The molecule has 1 amide bonds. The van der Waals surface area contributed by atoms with Crippen LogP contribution in [0.1, 0.15) is 18.5 Å². The maximum absolute atomic E-state index is 12.4. The van der Waals surface area contributed by atoms with Crippen LogP contribution in [0.5, 0.6) is 5.75 Å². The quantitative estimate of drug-likeness (QED) is 0.871. The molecule has 104 valence electrons. The topological polar surface area (TPSA) is 64.3 Å². The summed E-state index contributed by atoms with van der Waals surface area (Å²) in [5.74, 6) is -0.402. The van der Waals surface area contributed by atoms with Crippen molar-refractivity contribution in [1.82, 2.24) is 0 Å². The van der Waals surface area contributed by atoms with E-state index >= 15 is 0 Å². The number of benzene rings is 1. The van der Waals surface area contributed by atoms with E-state index in [1.807, 2.05) is 0 Å². The number of fused-ring (bicyclic) bond motifs is 1. The van der Waals surface area contributed by atoms with Crippen molar-refractivity contribution in [2.24, 2.45) is 5.73 Å². The first-order valence-corrected chi connectivity index (χ1v) is 6.12. The van der Waals surface area contributed by atoms with Crippen molar-refractivity contribution < 1.29 is 22.7 Å². The lowest BCUT2D eigenvalue weighted by molar-refractivity contribution is -0.189. The van der Waals surface area contributed by atoms with Crippen LogP contribution in [0.4, 0.5) is 18.9 Å². The van der Waals surface area contributed by atoms with E-state index < -0.39 is 24.2 Å². The molecule has 0 aliphatic carbocycles.